The summed E-state index contributed by atoms with van der Waals surface area (Å²) in [5.74, 6) is -0.653. The van der Waals surface area contributed by atoms with Crippen LogP contribution < -0.4 is 10.6 Å². The Kier molecular flexibility index (Phi) is 6.55. The van der Waals surface area contributed by atoms with Crippen LogP contribution in [0.2, 0.25) is 0 Å². The molecular weight excluding hydrogens is 436 g/mol. The molecule has 2 heterocycles. The predicted molar refractivity (Wildman–Crippen MR) is 131 cm³/mol. The third kappa shape index (κ3) is 5.28. The minimum atomic E-state index is -0.724. The van der Waals surface area contributed by atoms with Crippen molar-refractivity contribution >= 4 is 40.1 Å². The fourth-order valence-corrected chi connectivity index (χ4v) is 4.24. The van der Waals surface area contributed by atoms with Gasteiger partial charge in [-0.1, -0.05) is 24.3 Å². The average Bonchev–Trinajstić information content (AvgIpc) is 3.32. The molecule has 1 aromatic carbocycles. The highest BCUT2D eigenvalue weighted by molar-refractivity contribution is 7.14. The van der Waals surface area contributed by atoms with Crippen molar-refractivity contribution in [3.8, 4) is 11.3 Å². The van der Waals surface area contributed by atoms with E-state index >= 15 is 0 Å². The van der Waals surface area contributed by atoms with Gasteiger partial charge in [0, 0.05) is 34.9 Å². The first-order chi connectivity index (χ1) is 15.9. The van der Waals surface area contributed by atoms with Crippen LogP contribution in [0.25, 0.3) is 17.3 Å². The van der Waals surface area contributed by atoms with Gasteiger partial charge in [-0.05, 0) is 51.3 Å². The van der Waals surface area contributed by atoms with Crippen molar-refractivity contribution in [2.24, 2.45) is 0 Å². The number of nitrogens with zero attached hydrogens (tertiary/aromatic N) is 2. The maximum atomic E-state index is 12.6. The summed E-state index contributed by atoms with van der Waals surface area (Å²) in [5, 5.41) is 7.75. The molecule has 1 fully saturated rings. The number of nitrogens with one attached hydrogen (secondary N) is 2. The maximum Gasteiger partial charge on any atom is 0.253 e. The van der Waals surface area contributed by atoms with Gasteiger partial charge in [0.15, 0.2) is 10.9 Å². The SMILES string of the molecule is C/C=C\c1ccc(-c2csc(NC(=O)C(C)NC(=O)c3ccn(C4CC4)c3)n2)cc1C(C)=O. The number of carbonyl (C=O) groups excluding carboxylic acids is 3. The molecule has 2 N–H and O–H groups in total. The van der Waals surface area contributed by atoms with Gasteiger partial charge in [-0.3, -0.25) is 14.4 Å². The molecule has 4 rings (SSSR count). The summed E-state index contributed by atoms with van der Waals surface area (Å²) in [5.41, 5.74) is 3.49. The molecule has 2 aromatic heterocycles. The highest BCUT2D eigenvalue weighted by atomic mass is 32.1. The summed E-state index contributed by atoms with van der Waals surface area (Å²) in [4.78, 5) is 41.6. The molecule has 1 unspecified atom stereocenters. The van der Waals surface area contributed by atoms with E-state index in [9.17, 15) is 14.4 Å². The number of rotatable bonds is 8. The van der Waals surface area contributed by atoms with Crippen molar-refractivity contribution in [3.05, 3.63) is 64.8 Å². The van der Waals surface area contributed by atoms with Crippen molar-refractivity contribution in [2.45, 2.75) is 45.7 Å². The largest absolute Gasteiger partial charge is 0.350 e. The van der Waals surface area contributed by atoms with Crippen LogP contribution in [-0.2, 0) is 4.79 Å². The molecule has 1 aliphatic carbocycles. The van der Waals surface area contributed by atoms with E-state index in [2.05, 4.69) is 15.6 Å². The van der Waals surface area contributed by atoms with Crippen LogP contribution in [0, 0.1) is 0 Å². The second kappa shape index (κ2) is 9.54. The molecule has 0 saturated heterocycles. The molecule has 1 atom stereocenters. The zero-order valence-electron chi connectivity index (χ0n) is 18.8. The van der Waals surface area contributed by atoms with Gasteiger partial charge in [-0.2, -0.15) is 0 Å². The minimum Gasteiger partial charge on any atom is -0.350 e. The Hall–Kier alpha value is -3.52. The third-order valence-corrected chi connectivity index (χ3v) is 6.25. The van der Waals surface area contributed by atoms with Crippen molar-refractivity contribution in [1.29, 1.82) is 0 Å². The lowest BCUT2D eigenvalue weighted by molar-refractivity contribution is -0.117. The zero-order chi connectivity index (χ0) is 23.5. The van der Waals surface area contributed by atoms with Crippen LogP contribution in [0.5, 0.6) is 0 Å². The number of aromatic nitrogens is 2. The number of amides is 2. The lowest BCUT2D eigenvalue weighted by Crippen LogP contribution is -2.41. The first-order valence-corrected chi connectivity index (χ1v) is 11.8. The number of allylic oxidation sites excluding steroid dienone is 1. The number of benzene rings is 1. The van der Waals surface area contributed by atoms with E-state index in [1.54, 1.807) is 13.0 Å². The normalized spacial score (nSPS) is 14.3. The van der Waals surface area contributed by atoms with Crippen molar-refractivity contribution in [2.75, 3.05) is 5.32 Å². The number of Topliss-reactive ketones (excluding diaryl/α,β-unsaturated/α-hetero) is 1. The quantitative estimate of drug-likeness (QED) is 0.464. The Morgan fingerprint density at radius 3 is 2.73 bits per heavy atom. The summed E-state index contributed by atoms with van der Waals surface area (Å²) in [7, 11) is 0. The molecule has 33 heavy (non-hydrogen) atoms. The Labute approximate surface area is 196 Å². The van der Waals surface area contributed by atoms with Crippen LogP contribution in [0.15, 0.2) is 48.1 Å². The molecule has 1 aliphatic rings. The van der Waals surface area contributed by atoms with Gasteiger partial charge < -0.3 is 15.2 Å². The lowest BCUT2D eigenvalue weighted by Gasteiger charge is -2.12. The van der Waals surface area contributed by atoms with Gasteiger partial charge >= 0.3 is 0 Å². The molecule has 3 aromatic rings. The van der Waals surface area contributed by atoms with Crippen LogP contribution in [0.4, 0.5) is 5.13 Å². The monoisotopic (exact) mass is 462 g/mol. The molecule has 8 heteroatoms. The summed E-state index contributed by atoms with van der Waals surface area (Å²) < 4.78 is 2.04. The molecule has 7 nitrogen and oxygen atoms in total. The van der Waals surface area contributed by atoms with Crippen LogP contribution in [0.3, 0.4) is 0 Å². The van der Waals surface area contributed by atoms with Gasteiger partial charge in [-0.25, -0.2) is 4.98 Å². The number of ketones is 1. The van der Waals surface area contributed by atoms with E-state index in [0.29, 0.717) is 28.0 Å². The van der Waals surface area contributed by atoms with E-state index in [1.165, 1.54) is 18.3 Å². The van der Waals surface area contributed by atoms with Gasteiger partial charge in [0.2, 0.25) is 5.91 Å². The van der Waals surface area contributed by atoms with Crippen molar-refractivity contribution < 1.29 is 14.4 Å². The molecule has 0 aliphatic heterocycles. The van der Waals surface area contributed by atoms with Crippen LogP contribution in [-0.4, -0.2) is 33.2 Å². The Morgan fingerprint density at radius 2 is 2.03 bits per heavy atom. The van der Waals surface area contributed by atoms with Crippen molar-refractivity contribution in [3.63, 3.8) is 0 Å². The zero-order valence-corrected chi connectivity index (χ0v) is 19.6. The van der Waals surface area contributed by atoms with Crippen LogP contribution in [0.1, 0.15) is 65.9 Å². The third-order valence-electron chi connectivity index (χ3n) is 5.49. The first-order valence-electron chi connectivity index (χ1n) is 10.9. The molecule has 0 spiro atoms. The van der Waals surface area contributed by atoms with Crippen molar-refractivity contribution in [1.82, 2.24) is 14.9 Å². The fraction of sp³-hybridized carbons (Fsp3) is 0.280. The van der Waals surface area contributed by atoms with E-state index in [0.717, 1.165) is 24.0 Å². The second-order valence-electron chi connectivity index (χ2n) is 8.16. The van der Waals surface area contributed by atoms with Gasteiger partial charge in [-0.15, -0.1) is 11.3 Å². The minimum absolute atomic E-state index is 0.0225. The Balaban J connectivity index is 1.40. The molecule has 0 radical (unpaired) electrons. The second-order valence-corrected chi connectivity index (χ2v) is 9.02. The summed E-state index contributed by atoms with van der Waals surface area (Å²) in [6.07, 6.45) is 9.78. The molecule has 2 amide bonds. The number of anilines is 1. The number of carbonyl (C=O) groups is 3. The number of hydrogen-bond acceptors (Lipinski definition) is 5. The molecule has 0 bridgehead atoms. The Morgan fingerprint density at radius 1 is 1.24 bits per heavy atom. The van der Waals surface area contributed by atoms with E-state index in [4.69, 9.17) is 0 Å². The topological polar surface area (TPSA) is 93.1 Å². The van der Waals surface area contributed by atoms with Gasteiger partial charge in [0.05, 0.1) is 11.3 Å². The first kappa shape index (κ1) is 22.7. The highest BCUT2D eigenvalue weighted by Crippen LogP contribution is 2.35. The molecule has 1 saturated carbocycles. The predicted octanol–water partition coefficient (Wildman–Crippen LogP) is 4.94. The van der Waals surface area contributed by atoms with Crippen LogP contribution >= 0.6 is 11.3 Å². The summed E-state index contributed by atoms with van der Waals surface area (Å²) in [6, 6.07) is 7.14. The summed E-state index contributed by atoms with van der Waals surface area (Å²) in [6.45, 7) is 5.08. The Bertz CT molecular complexity index is 1240. The highest BCUT2D eigenvalue weighted by Gasteiger charge is 2.24. The lowest BCUT2D eigenvalue weighted by atomic mass is 9.99. The molecule has 170 valence electrons. The van der Waals surface area contributed by atoms with E-state index < -0.39 is 6.04 Å². The smallest absolute Gasteiger partial charge is 0.253 e. The van der Waals surface area contributed by atoms with E-state index in [1.807, 2.05) is 59.6 Å². The summed E-state index contributed by atoms with van der Waals surface area (Å²) >= 11 is 1.29. The average molecular weight is 463 g/mol. The fourth-order valence-electron chi connectivity index (χ4n) is 3.52. The maximum absolute atomic E-state index is 12.6. The van der Waals surface area contributed by atoms with Gasteiger partial charge in [0.25, 0.3) is 5.91 Å². The van der Waals surface area contributed by atoms with Gasteiger partial charge in [0.1, 0.15) is 6.04 Å². The van der Waals surface area contributed by atoms with E-state index in [-0.39, 0.29) is 17.6 Å². The molecular formula is C25H26N4O3S. The number of thiazole rings is 1. The number of hydrogen-bond donors (Lipinski definition) is 2. The standard InChI is InChI=1S/C25H26N4O3S/c1-4-5-17-6-7-18(12-21(17)16(3)30)22-14-33-25(27-22)28-23(31)15(2)26-24(32)19-10-11-29(13-19)20-8-9-20/h4-7,10-15,20H,8-9H2,1-3H3,(H,26,32)(H,27,28,31)/b5-4-.